The number of fused-ring (bicyclic) bond motifs is 1. The van der Waals surface area contributed by atoms with E-state index in [-0.39, 0.29) is 17.2 Å². The second-order valence-electron chi connectivity index (χ2n) is 12.7. The number of amides is 2. The molecule has 3 N–H and O–H groups in total. The Kier molecular flexibility index (Phi) is 7.63. The topological polar surface area (TPSA) is 107 Å². The summed E-state index contributed by atoms with van der Waals surface area (Å²) in [5, 5.41) is 3.12. The van der Waals surface area contributed by atoms with Gasteiger partial charge < -0.3 is 25.1 Å². The van der Waals surface area contributed by atoms with Gasteiger partial charge >= 0.3 is 6.09 Å². The molecule has 35 heavy (non-hydrogen) atoms. The zero-order valence-electron chi connectivity index (χ0n) is 22.9. The molecule has 2 aliphatic rings. The number of hydrogen-bond donors (Lipinski definition) is 2. The van der Waals surface area contributed by atoms with Crippen LogP contribution in [0, 0.1) is 5.92 Å². The maximum absolute atomic E-state index is 12.4. The van der Waals surface area contributed by atoms with Crippen molar-refractivity contribution in [3.63, 3.8) is 0 Å². The second-order valence-corrected chi connectivity index (χ2v) is 17.5. The summed E-state index contributed by atoms with van der Waals surface area (Å²) >= 11 is 0. The molecular formula is C26H44N4O4Si. The SMILES string of the molecule is C[C@@H]1C[C@H](NC(=O)OC(C)(C)C)CN(c2c(C(N)=O)cnc3c2CC[C@H]3O[Si](C)(C)C(C)(C)C)C1. The predicted octanol–water partition coefficient (Wildman–Crippen LogP) is 4.93. The third-order valence-electron chi connectivity index (χ3n) is 7.35. The number of nitrogens with two attached hydrogens (primary N) is 1. The fourth-order valence-electron chi connectivity index (χ4n) is 4.79. The van der Waals surface area contributed by atoms with Gasteiger partial charge in [0.1, 0.15) is 5.60 Å². The van der Waals surface area contributed by atoms with Gasteiger partial charge in [0.05, 0.1) is 23.0 Å². The number of nitrogens with one attached hydrogen (secondary N) is 1. The van der Waals surface area contributed by atoms with E-state index in [1.165, 1.54) is 0 Å². The summed E-state index contributed by atoms with van der Waals surface area (Å²) in [4.78, 5) is 31.8. The summed E-state index contributed by atoms with van der Waals surface area (Å²) in [6, 6.07) is -0.0983. The van der Waals surface area contributed by atoms with E-state index in [2.05, 4.69) is 51.0 Å². The fourth-order valence-corrected chi connectivity index (χ4v) is 6.09. The van der Waals surface area contributed by atoms with Crippen LogP contribution in [-0.2, 0) is 15.6 Å². The van der Waals surface area contributed by atoms with Crippen molar-refractivity contribution in [3.8, 4) is 0 Å². The molecule has 1 aromatic heterocycles. The molecule has 0 saturated carbocycles. The minimum absolute atomic E-state index is 0.0792. The third-order valence-corrected chi connectivity index (χ3v) is 11.8. The van der Waals surface area contributed by atoms with E-state index in [4.69, 9.17) is 19.9 Å². The lowest BCUT2D eigenvalue weighted by atomic mass is 9.94. The van der Waals surface area contributed by atoms with Crippen molar-refractivity contribution in [2.24, 2.45) is 11.7 Å². The molecule has 3 atom stereocenters. The van der Waals surface area contributed by atoms with Gasteiger partial charge in [-0.3, -0.25) is 9.78 Å². The van der Waals surface area contributed by atoms with Crippen molar-refractivity contribution in [2.45, 2.75) is 104 Å². The van der Waals surface area contributed by atoms with Gasteiger partial charge in [-0.25, -0.2) is 4.79 Å². The Bertz CT molecular complexity index is 967. The van der Waals surface area contributed by atoms with E-state index in [1.807, 2.05) is 20.8 Å². The standard InChI is InChI=1S/C26H44N4O4Si/c1-16-12-17(29-24(32)33-25(2,3)4)15-30(14-16)22-18-10-11-20(34-35(8,9)26(5,6)7)21(18)28-13-19(22)23(27)31/h13,16-17,20H,10-12,14-15H2,1-9H3,(H2,27,31)(H,29,32)/t16-,17+,20-/m1/s1. The van der Waals surface area contributed by atoms with E-state index in [1.54, 1.807) is 6.20 Å². The Hall–Kier alpha value is -2.13. The smallest absolute Gasteiger partial charge is 0.407 e. The van der Waals surface area contributed by atoms with Crippen LogP contribution < -0.4 is 16.0 Å². The highest BCUT2D eigenvalue weighted by Gasteiger charge is 2.42. The summed E-state index contributed by atoms with van der Waals surface area (Å²) < 4.78 is 12.2. The van der Waals surface area contributed by atoms with Crippen LogP contribution in [0.5, 0.6) is 0 Å². The van der Waals surface area contributed by atoms with Gasteiger partial charge in [0.2, 0.25) is 0 Å². The monoisotopic (exact) mass is 504 g/mol. The van der Waals surface area contributed by atoms with Crippen LogP contribution >= 0.6 is 0 Å². The lowest BCUT2D eigenvalue weighted by molar-refractivity contribution is 0.0495. The minimum Gasteiger partial charge on any atom is -0.444 e. The van der Waals surface area contributed by atoms with Crippen LogP contribution in [0.1, 0.15) is 89.0 Å². The molecule has 3 rings (SSSR count). The van der Waals surface area contributed by atoms with E-state index >= 15 is 0 Å². The van der Waals surface area contributed by atoms with Gasteiger partial charge in [-0.1, -0.05) is 27.7 Å². The van der Waals surface area contributed by atoms with E-state index in [0.29, 0.717) is 18.0 Å². The number of nitrogens with zero attached hydrogens (tertiary/aromatic N) is 2. The maximum atomic E-state index is 12.4. The van der Waals surface area contributed by atoms with Crippen LogP contribution in [-0.4, -0.2) is 50.0 Å². The Morgan fingerprint density at radius 2 is 1.83 bits per heavy atom. The molecule has 1 aromatic rings. The van der Waals surface area contributed by atoms with Crippen molar-refractivity contribution in [1.82, 2.24) is 10.3 Å². The van der Waals surface area contributed by atoms with Crippen LogP contribution in [0.3, 0.4) is 0 Å². The van der Waals surface area contributed by atoms with Crippen LogP contribution in [0.2, 0.25) is 18.1 Å². The number of carbonyl (C=O) groups is 2. The molecule has 2 amide bonds. The summed E-state index contributed by atoms with van der Waals surface area (Å²) in [6.45, 7) is 20.3. The van der Waals surface area contributed by atoms with Crippen molar-refractivity contribution >= 4 is 26.0 Å². The average molecular weight is 505 g/mol. The van der Waals surface area contributed by atoms with Gasteiger partial charge in [0, 0.05) is 30.9 Å². The molecular weight excluding hydrogens is 460 g/mol. The summed E-state index contributed by atoms with van der Waals surface area (Å²) in [5.41, 5.74) is 8.50. The number of aromatic nitrogens is 1. The Morgan fingerprint density at radius 1 is 1.17 bits per heavy atom. The molecule has 0 radical (unpaired) electrons. The summed E-state index contributed by atoms with van der Waals surface area (Å²) in [7, 11) is -2.00. The zero-order chi connectivity index (χ0) is 26.3. The first-order valence-electron chi connectivity index (χ1n) is 12.7. The fraction of sp³-hybridized carbons (Fsp3) is 0.731. The number of anilines is 1. The number of alkyl carbamates (subject to hydrolysis) is 1. The Balaban J connectivity index is 1.91. The van der Waals surface area contributed by atoms with Crippen LogP contribution in [0.4, 0.5) is 10.5 Å². The van der Waals surface area contributed by atoms with Crippen LogP contribution in [0.15, 0.2) is 6.20 Å². The molecule has 1 aliphatic heterocycles. The number of ether oxygens (including phenoxy) is 1. The maximum Gasteiger partial charge on any atom is 0.407 e. The molecule has 1 aliphatic carbocycles. The number of pyridine rings is 1. The Morgan fingerprint density at radius 3 is 2.40 bits per heavy atom. The van der Waals surface area contributed by atoms with E-state index < -0.39 is 25.9 Å². The molecule has 2 heterocycles. The van der Waals surface area contributed by atoms with E-state index in [0.717, 1.165) is 42.8 Å². The Labute approximate surface area is 211 Å². The van der Waals surface area contributed by atoms with Crippen molar-refractivity contribution < 1.29 is 18.8 Å². The highest BCUT2D eigenvalue weighted by atomic mass is 28.4. The quantitative estimate of drug-likeness (QED) is 0.551. The largest absolute Gasteiger partial charge is 0.444 e. The first kappa shape index (κ1) is 27.5. The zero-order valence-corrected chi connectivity index (χ0v) is 23.9. The molecule has 196 valence electrons. The lowest BCUT2D eigenvalue weighted by Gasteiger charge is -2.40. The van der Waals surface area contributed by atoms with E-state index in [9.17, 15) is 9.59 Å². The number of rotatable bonds is 5. The molecule has 0 unspecified atom stereocenters. The minimum atomic E-state index is -2.00. The van der Waals surface area contributed by atoms with Crippen molar-refractivity contribution in [3.05, 3.63) is 23.0 Å². The predicted molar refractivity (Wildman–Crippen MR) is 141 cm³/mol. The highest BCUT2D eigenvalue weighted by molar-refractivity contribution is 6.74. The average Bonchev–Trinajstić information content (AvgIpc) is 3.06. The number of carbonyl (C=O) groups excluding carboxylic acids is 2. The third kappa shape index (κ3) is 6.36. The van der Waals surface area contributed by atoms with Gasteiger partial charge in [0.25, 0.3) is 5.91 Å². The van der Waals surface area contributed by atoms with Gasteiger partial charge in [-0.05, 0) is 64.1 Å². The first-order valence-corrected chi connectivity index (χ1v) is 15.6. The number of hydrogen-bond acceptors (Lipinski definition) is 6. The van der Waals surface area contributed by atoms with Crippen molar-refractivity contribution in [1.29, 1.82) is 0 Å². The van der Waals surface area contributed by atoms with Gasteiger partial charge in [0.15, 0.2) is 8.32 Å². The molecule has 0 bridgehead atoms. The van der Waals surface area contributed by atoms with Gasteiger partial charge in [-0.2, -0.15) is 0 Å². The van der Waals surface area contributed by atoms with Crippen molar-refractivity contribution in [2.75, 3.05) is 18.0 Å². The number of primary amides is 1. The summed E-state index contributed by atoms with van der Waals surface area (Å²) in [5.74, 6) is -0.173. The number of piperidine rings is 1. The molecule has 9 heteroatoms. The normalized spacial score (nSPS) is 23.1. The highest BCUT2D eigenvalue weighted by Crippen LogP contribution is 2.46. The second kappa shape index (κ2) is 9.73. The first-order chi connectivity index (χ1) is 16.0. The lowest BCUT2D eigenvalue weighted by Crippen LogP contribution is -2.52. The molecule has 1 saturated heterocycles. The molecule has 0 spiro atoms. The van der Waals surface area contributed by atoms with Crippen LogP contribution in [0.25, 0.3) is 0 Å². The molecule has 0 aromatic carbocycles. The van der Waals surface area contributed by atoms with Gasteiger partial charge in [-0.15, -0.1) is 0 Å². The molecule has 1 fully saturated rings. The summed E-state index contributed by atoms with van der Waals surface area (Å²) in [6.07, 6.45) is 3.57. The molecule has 8 nitrogen and oxygen atoms in total.